The Morgan fingerprint density at radius 1 is 1.57 bits per heavy atom. The molecule has 1 aliphatic heterocycles. The van der Waals surface area contributed by atoms with E-state index < -0.39 is 6.10 Å². The molecule has 1 fully saturated rings. The lowest BCUT2D eigenvalue weighted by molar-refractivity contribution is -0.141. The number of nitrogens with two attached hydrogens (primary N) is 1. The Kier molecular flexibility index (Phi) is 5.52. The van der Waals surface area contributed by atoms with Crippen molar-refractivity contribution in [2.75, 3.05) is 6.54 Å². The van der Waals surface area contributed by atoms with E-state index in [1.807, 2.05) is 11.8 Å². The average molecular weight is 376 g/mol. The Hall–Kier alpha value is -0.780. The molecule has 0 saturated carbocycles. The lowest BCUT2D eigenvalue weighted by atomic mass is 9.98. The summed E-state index contributed by atoms with van der Waals surface area (Å²) in [6, 6.07) is 5.58. The van der Waals surface area contributed by atoms with E-state index in [4.69, 9.17) is 22.1 Å². The van der Waals surface area contributed by atoms with Crippen molar-refractivity contribution in [1.29, 1.82) is 0 Å². The highest BCUT2D eigenvalue weighted by Gasteiger charge is 2.30. The van der Waals surface area contributed by atoms with Crippen molar-refractivity contribution in [3.05, 3.63) is 27.7 Å². The Morgan fingerprint density at radius 3 is 2.90 bits per heavy atom. The number of carbonyl (C=O) groups is 1. The fourth-order valence-corrected chi connectivity index (χ4v) is 3.36. The maximum Gasteiger partial charge on any atom is 0.263 e. The predicted octanol–water partition coefficient (Wildman–Crippen LogP) is 3.21. The molecule has 1 aromatic carbocycles. The number of hydrogen-bond donors (Lipinski definition) is 1. The Labute approximate surface area is 138 Å². The van der Waals surface area contributed by atoms with Crippen molar-refractivity contribution in [2.24, 2.45) is 5.73 Å². The van der Waals surface area contributed by atoms with Gasteiger partial charge in [0, 0.05) is 23.7 Å². The molecular formula is C15H20BrClN2O2. The van der Waals surface area contributed by atoms with Gasteiger partial charge < -0.3 is 15.4 Å². The van der Waals surface area contributed by atoms with Crippen LogP contribution in [0.1, 0.15) is 26.7 Å². The Morgan fingerprint density at radius 2 is 2.29 bits per heavy atom. The number of halogens is 2. The second-order valence-corrected chi connectivity index (χ2v) is 6.79. The molecule has 2 N–H and O–H groups in total. The number of piperidine rings is 1. The largest absolute Gasteiger partial charge is 0.480 e. The third-order valence-corrected chi connectivity index (χ3v) is 4.60. The van der Waals surface area contributed by atoms with Crippen LogP contribution in [0.5, 0.6) is 5.75 Å². The number of carbonyl (C=O) groups excluding carboxylic acids is 1. The Bertz CT molecular complexity index is 526. The average Bonchev–Trinajstić information content (AvgIpc) is 2.41. The number of ether oxygens (including phenoxy) is 1. The minimum atomic E-state index is -0.542. The van der Waals surface area contributed by atoms with Gasteiger partial charge in [-0.2, -0.15) is 0 Å². The molecule has 0 aliphatic carbocycles. The first-order valence-electron chi connectivity index (χ1n) is 7.06. The normalized spacial score (nSPS) is 23.8. The predicted molar refractivity (Wildman–Crippen MR) is 87.6 cm³/mol. The molecular weight excluding hydrogens is 356 g/mol. The topological polar surface area (TPSA) is 55.6 Å². The molecule has 2 rings (SSSR count). The molecule has 4 nitrogen and oxygen atoms in total. The smallest absolute Gasteiger partial charge is 0.263 e. The molecule has 0 radical (unpaired) electrons. The first-order valence-corrected chi connectivity index (χ1v) is 8.23. The number of hydrogen-bond acceptors (Lipinski definition) is 3. The van der Waals surface area contributed by atoms with E-state index in [-0.39, 0.29) is 18.0 Å². The molecule has 3 atom stereocenters. The summed E-state index contributed by atoms with van der Waals surface area (Å²) >= 11 is 9.29. The SMILES string of the molecule is C[C@H](Oc1ccc(Cl)cc1Br)C(=O)N1CC[C@@H](N)C[C@@H]1C. The van der Waals surface area contributed by atoms with Crippen LogP contribution in [0.4, 0.5) is 0 Å². The van der Waals surface area contributed by atoms with Gasteiger partial charge >= 0.3 is 0 Å². The van der Waals surface area contributed by atoms with Crippen molar-refractivity contribution < 1.29 is 9.53 Å². The maximum atomic E-state index is 12.5. The van der Waals surface area contributed by atoms with Gasteiger partial charge in [-0.25, -0.2) is 0 Å². The van der Waals surface area contributed by atoms with Crippen molar-refractivity contribution in [1.82, 2.24) is 4.90 Å². The van der Waals surface area contributed by atoms with Gasteiger partial charge in [-0.05, 0) is 60.8 Å². The van der Waals surface area contributed by atoms with Gasteiger partial charge in [-0.1, -0.05) is 11.6 Å². The maximum absolute atomic E-state index is 12.5. The van der Waals surface area contributed by atoms with E-state index in [0.29, 0.717) is 17.3 Å². The van der Waals surface area contributed by atoms with Crippen LogP contribution in [0.2, 0.25) is 5.02 Å². The monoisotopic (exact) mass is 374 g/mol. The minimum Gasteiger partial charge on any atom is -0.480 e. The summed E-state index contributed by atoms with van der Waals surface area (Å²) in [5.41, 5.74) is 5.93. The van der Waals surface area contributed by atoms with E-state index in [0.717, 1.165) is 17.3 Å². The van der Waals surface area contributed by atoms with E-state index in [2.05, 4.69) is 15.9 Å². The van der Waals surface area contributed by atoms with Crippen LogP contribution in [0.3, 0.4) is 0 Å². The molecule has 1 aliphatic rings. The molecule has 1 heterocycles. The lowest BCUT2D eigenvalue weighted by Crippen LogP contribution is -2.51. The number of benzene rings is 1. The first kappa shape index (κ1) is 16.6. The highest BCUT2D eigenvalue weighted by molar-refractivity contribution is 9.10. The van der Waals surface area contributed by atoms with Crippen LogP contribution >= 0.6 is 27.5 Å². The summed E-state index contributed by atoms with van der Waals surface area (Å²) in [6.07, 6.45) is 1.13. The van der Waals surface area contributed by atoms with Crippen LogP contribution in [0.15, 0.2) is 22.7 Å². The highest BCUT2D eigenvalue weighted by Crippen LogP contribution is 2.29. The van der Waals surface area contributed by atoms with E-state index in [9.17, 15) is 4.79 Å². The standard InChI is InChI=1S/C15H20BrClN2O2/c1-9-7-12(18)5-6-19(9)15(20)10(2)21-14-4-3-11(17)8-13(14)16/h3-4,8-10,12H,5-7,18H2,1-2H3/t9-,10-,12+/m0/s1. The number of nitrogens with zero attached hydrogens (tertiary/aromatic N) is 1. The highest BCUT2D eigenvalue weighted by atomic mass is 79.9. The van der Waals surface area contributed by atoms with E-state index >= 15 is 0 Å². The van der Waals surface area contributed by atoms with Crippen LogP contribution < -0.4 is 10.5 Å². The van der Waals surface area contributed by atoms with Gasteiger partial charge in [-0.3, -0.25) is 4.79 Å². The van der Waals surface area contributed by atoms with E-state index in [1.165, 1.54) is 0 Å². The van der Waals surface area contributed by atoms with Gasteiger partial charge in [0.2, 0.25) is 0 Å². The van der Waals surface area contributed by atoms with Crippen molar-refractivity contribution in [2.45, 2.75) is 44.9 Å². The third-order valence-electron chi connectivity index (χ3n) is 3.75. The number of rotatable bonds is 3. The molecule has 0 spiro atoms. The third kappa shape index (κ3) is 4.11. The van der Waals surface area contributed by atoms with Crippen LogP contribution in [0, 0.1) is 0 Å². The van der Waals surface area contributed by atoms with Gasteiger partial charge in [0.25, 0.3) is 5.91 Å². The van der Waals surface area contributed by atoms with Crippen LogP contribution in [-0.4, -0.2) is 35.5 Å². The summed E-state index contributed by atoms with van der Waals surface area (Å²) < 4.78 is 6.50. The van der Waals surface area contributed by atoms with Crippen LogP contribution in [-0.2, 0) is 4.79 Å². The summed E-state index contributed by atoms with van der Waals surface area (Å²) in [7, 11) is 0. The number of amides is 1. The molecule has 0 unspecified atom stereocenters. The second kappa shape index (κ2) is 6.99. The molecule has 1 saturated heterocycles. The fourth-order valence-electron chi connectivity index (χ4n) is 2.58. The second-order valence-electron chi connectivity index (χ2n) is 5.50. The summed E-state index contributed by atoms with van der Waals surface area (Å²) in [6.45, 7) is 4.49. The summed E-state index contributed by atoms with van der Waals surface area (Å²) in [5, 5.41) is 0.617. The molecule has 0 aromatic heterocycles. The van der Waals surface area contributed by atoms with Gasteiger partial charge in [0.1, 0.15) is 5.75 Å². The quantitative estimate of drug-likeness (QED) is 0.882. The zero-order chi connectivity index (χ0) is 15.6. The first-order chi connectivity index (χ1) is 9.88. The van der Waals surface area contributed by atoms with E-state index in [1.54, 1.807) is 25.1 Å². The van der Waals surface area contributed by atoms with Gasteiger partial charge in [-0.15, -0.1) is 0 Å². The van der Waals surface area contributed by atoms with Crippen molar-refractivity contribution >= 4 is 33.4 Å². The zero-order valence-corrected chi connectivity index (χ0v) is 14.5. The van der Waals surface area contributed by atoms with Crippen LogP contribution in [0.25, 0.3) is 0 Å². The minimum absolute atomic E-state index is 0.00347. The van der Waals surface area contributed by atoms with Gasteiger partial charge in [0.05, 0.1) is 4.47 Å². The molecule has 116 valence electrons. The number of likely N-dealkylation sites (tertiary alicyclic amines) is 1. The summed E-state index contributed by atoms with van der Waals surface area (Å²) in [5.74, 6) is 0.609. The molecule has 0 bridgehead atoms. The zero-order valence-electron chi connectivity index (χ0n) is 12.2. The van der Waals surface area contributed by atoms with Crippen molar-refractivity contribution in [3.63, 3.8) is 0 Å². The molecule has 1 amide bonds. The molecule has 21 heavy (non-hydrogen) atoms. The fraction of sp³-hybridized carbons (Fsp3) is 0.533. The van der Waals surface area contributed by atoms with Gasteiger partial charge in [0.15, 0.2) is 6.10 Å². The Balaban J connectivity index is 2.02. The van der Waals surface area contributed by atoms with Crippen molar-refractivity contribution in [3.8, 4) is 5.75 Å². The molecule has 1 aromatic rings. The summed E-state index contributed by atoms with van der Waals surface area (Å²) in [4.78, 5) is 14.4. The lowest BCUT2D eigenvalue weighted by Gasteiger charge is -2.37. The molecule has 6 heteroatoms.